The highest BCUT2D eigenvalue weighted by Crippen LogP contribution is 2.38. The van der Waals surface area contributed by atoms with Crippen molar-refractivity contribution >= 4 is 12.0 Å². The Bertz CT molecular complexity index is 686. The van der Waals surface area contributed by atoms with Crippen LogP contribution in [0.5, 0.6) is 17.2 Å². The standard InChI is InChI=1S/C19H21NO4/c1-22-16-12-15(13-17(23-2)18(16)24-3)19(21)20-11-7-10-14-8-5-4-6-9-14/h4-10,12-13H,11H2,1-3H3,(H,20,21)/b10-7+. The molecule has 126 valence electrons. The van der Waals surface area contributed by atoms with Gasteiger partial charge in [-0.2, -0.15) is 0 Å². The molecule has 24 heavy (non-hydrogen) atoms. The van der Waals surface area contributed by atoms with E-state index >= 15 is 0 Å². The topological polar surface area (TPSA) is 56.8 Å². The number of benzene rings is 2. The van der Waals surface area contributed by atoms with Crippen molar-refractivity contribution in [1.82, 2.24) is 5.32 Å². The van der Waals surface area contributed by atoms with Gasteiger partial charge in [-0.25, -0.2) is 0 Å². The molecular formula is C19H21NO4. The van der Waals surface area contributed by atoms with E-state index in [1.54, 1.807) is 12.1 Å². The lowest BCUT2D eigenvalue weighted by Crippen LogP contribution is -2.23. The van der Waals surface area contributed by atoms with Crippen LogP contribution in [0.15, 0.2) is 48.5 Å². The van der Waals surface area contributed by atoms with E-state index in [1.807, 2.05) is 42.5 Å². The van der Waals surface area contributed by atoms with E-state index in [4.69, 9.17) is 14.2 Å². The largest absolute Gasteiger partial charge is 0.493 e. The summed E-state index contributed by atoms with van der Waals surface area (Å²) in [6, 6.07) is 13.1. The number of nitrogens with one attached hydrogen (secondary N) is 1. The van der Waals surface area contributed by atoms with Crippen LogP contribution in [0.2, 0.25) is 0 Å². The number of hydrogen-bond acceptors (Lipinski definition) is 4. The van der Waals surface area contributed by atoms with Crippen LogP contribution >= 0.6 is 0 Å². The lowest BCUT2D eigenvalue weighted by Gasteiger charge is -2.13. The molecule has 5 nitrogen and oxygen atoms in total. The average Bonchev–Trinajstić information content (AvgIpc) is 2.64. The van der Waals surface area contributed by atoms with E-state index in [-0.39, 0.29) is 5.91 Å². The first-order valence-corrected chi connectivity index (χ1v) is 7.49. The summed E-state index contributed by atoms with van der Waals surface area (Å²) in [6.45, 7) is 0.421. The smallest absolute Gasteiger partial charge is 0.251 e. The molecule has 2 aromatic rings. The predicted molar refractivity (Wildman–Crippen MR) is 93.9 cm³/mol. The Morgan fingerprint density at radius 3 is 2.17 bits per heavy atom. The van der Waals surface area contributed by atoms with Gasteiger partial charge < -0.3 is 19.5 Å². The minimum Gasteiger partial charge on any atom is -0.493 e. The number of carbonyl (C=O) groups is 1. The quantitative estimate of drug-likeness (QED) is 0.849. The van der Waals surface area contributed by atoms with Crippen molar-refractivity contribution in [3.05, 3.63) is 59.7 Å². The molecule has 0 saturated carbocycles. The van der Waals surface area contributed by atoms with Gasteiger partial charge in [0.15, 0.2) is 11.5 Å². The molecule has 0 saturated heterocycles. The zero-order valence-corrected chi connectivity index (χ0v) is 14.0. The maximum absolute atomic E-state index is 12.3. The summed E-state index contributed by atoms with van der Waals surface area (Å²) in [7, 11) is 4.55. The van der Waals surface area contributed by atoms with Crippen molar-refractivity contribution in [2.24, 2.45) is 0 Å². The van der Waals surface area contributed by atoms with Crippen LogP contribution in [0.25, 0.3) is 6.08 Å². The zero-order valence-electron chi connectivity index (χ0n) is 14.0. The summed E-state index contributed by atoms with van der Waals surface area (Å²) in [4.78, 5) is 12.3. The Kier molecular flexibility index (Phi) is 6.25. The minimum atomic E-state index is -0.216. The Morgan fingerprint density at radius 2 is 1.62 bits per heavy atom. The van der Waals surface area contributed by atoms with E-state index in [1.165, 1.54) is 21.3 Å². The second kappa shape index (κ2) is 8.62. The van der Waals surface area contributed by atoms with Crippen molar-refractivity contribution < 1.29 is 19.0 Å². The molecule has 2 rings (SSSR count). The van der Waals surface area contributed by atoms with Crippen molar-refractivity contribution in [2.75, 3.05) is 27.9 Å². The predicted octanol–water partition coefficient (Wildman–Crippen LogP) is 3.16. The molecule has 0 fully saturated rings. The van der Waals surface area contributed by atoms with Crippen LogP contribution < -0.4 is 19.5 Å². The summed E-state index contributed by atoms with van der Waals surface area (Å²) < 4.78 is 15.8. The van der Waals surface area contributed by atoms with Gasteiger partial charge in [0.05, 0.1) is 21.3 Å². The molecule has 0 aliphatic heterocycles. The summed E-state index contributed by atoms with van der Waals surface area (Å²) in [5.74, 6) is 1.14. The number of methoxy groups -OCH3 is 3. The van der Waals surface area contributed by atoms with Crippen molar-refractivity contribution in [3.63, 3.8) is 0 Å². The first-order chi connectivity index (χ1) is 11.7. The van der Waals surface area contributed by atoms with Gasteiger partial charge in [0.2, 0.25) is 5.75 Å². The van der Waals surface area contributed by atoms with Gasteiger partial charge in [0.1, 0.15) is 0 Å². The normalized spacial score (nSPS) is 10.5. The lowest BCUT2D eigenvalue weighted by molar-refractivity contribution is 0.0957. The Balaban J connectivity index is 2.05. The molecular weight excluding hydrogens is 306 g/mol. The van der Waals surface area contributed by atoms with E-state index in [9.17, 15) is 4.79 Å². The Morgan fingerprint density at radius 1 is 1.00 bits per heavy atom. The molecule has 1 N–H and O–H groups in total. The fourth-order valence-electron chi connectivity index (χ4n) is 2.23. The number of rotatable bonds is 7. The highest BCUT2D eigenvalue weighted by molar-refractivity contribution is 5.95. The second-order valence-electron chi connectivity index (χ2n) is 4.94. The molecule has 1 amide bonds. The van der Waals surface area contributed by atoms with Gasteiger partial charge in [0.25, 0.3) is 5.91 Å². The summed E-state index contributed by atoms with van der Waals surface area (Å²) in [6.07, 6.45) is 3.85. The minimum absolute atomic E-state index is 0.216. The lowest BCUT2D eigenvalue weighted by atomic mass is 10.1. The molecule has 0 spiro atoms. The van der Waals surface area contributed by atoms with Gasteiger partial charge in [-0.3, -0.25) is 4.79 Å². The molecule has 5 heteroatoms. The van der Waals surface area contributed by atoms with Gasteiger partial charge in [-0.1, -0.05) is 42.5 Å². The van der Waals surface area contributed by atoms with Crippen molar-refractivity contribution in [3.8, 4) is 17.2 Å². The van der Waals surface area contributed by atoms with Gasteiger partial charge in [0, 0.05) is 12.1 Å². The molecule has 0 unspecified atom stereocenters. The van der Waals surface area contributed by atoms with Crippen molar-refractivity contribution in [2.45, 2.75) is 0 Å². The maximum atomic E-state index is 12.3. The van der Waals surface area contributed by atoms with Crippen LogP contribution in [0.4, 0.5) is 0 Å². The van der Waals surface area contributed by atoms with Crippen molar-refractivity contribution in [1.29, 1.82) is 0 Å². The zero-order chi connectivity index (χ0) is 17.4. The molecule has 0 aromatic heterocycles. The maximum Gasteiger partial charge on any atom is 0.251 e. The SMILES string of the molecule is COc1cc(C(=O)NC/C=C/c2ccccc2)cc(OC)c1OC. The first kappa shape index (κ1) is 17.4. The number of amides is 1. The fourth-order valence-corrected chi connectivity index (χ4v) is 2.23. The third-order valence-electron chi connectivity index (χ3n) is 3.42. The fraction of sp³-hybridized carbons (Fsp3) is 0.211. The third kappa shape index (κ3) is 4.29. The van der Waals surface area contributed by atoms with Crippen LogP contribution in [0.3, 0.4) is 0 Å². The number of ether oxygens (including phenoxy) is 3. The molecule has 2 aromatic carbocycles. The molecule has 0 aliphatic carbocycles. The van der Waals surface area contributed by atoms with E-state index in [0.29, 0.717) is 29.4 Å². The summed E-state index contributed by atoms with van der Waals surface area (Å²) in [5.41, 5.74) is 1.53. The van der Waals surface area contributed by atoms with Crippen LogP contribution in [-0.4, -0.2) is 33.8 Å². The highest BCUT2D eigenvalue weighted by atomic mass is 16.5. The average molecular weight is 327 g/mol. The van der Waals surface area contributed by atoms with Crippen LogP contribution in [0.1, 0.15) is 15.9 Å². The molecule has 0 bridgehead atoms. The molecule has 0 atom stereocenters. The number of hydrogen-bond donors (Lipinski definition) is 1. The summed E-state index contributed by atoms with van der Waals surface area (Å²) >= 11 is 0. The second-order valence-corrected chi connectivity index (χ2v) is 4.94. The van der Waals surface area contributed by atoms with Crippen LogP contribution in [0, 0.1) is 0 Å². The molecule has 0 radical (unpaired) electrons. The van der Waals surface area contributed by atoms with Gasteiger partial charge >= 0.3 is 0 Å². The van der Waals surface area contributed by atoms with Gasteiger partial charge in [-0.05, 0) is 17.7 Å². The monoisotopic (exact) mass is 327 g/mol. The summed E-state index contributed by atoms with van der Waals surface area (Å²) in [5, 5.41) is 2.83. The first-order valence-electron chi connectivity index (χ1n) is 7.49. The Labute approximate surface area is 141 Å². The van der Waals surface area contributed by atoms with Gasteiger partial charge in [-0.15, -0.1) is 0 Å². The molecule has 0 aliphatic rings. The highest BCUT2D eigenvalue weighted by Gasteiger charge is 2.16. The van der Waals surface area contributed by atoms with E-state index in [2.05, 4.69) is 5.32 Å². The third-order valence-corrected chi connectivity index (χ3v) is 3.42. The van der Waals surface area contributed by atoms with Crippen LogP contribution in [-0.2, 0) is 0 Å². The Hall–Kier alpha value is -2.95. The van der Waals surface area contributed by atoms with E-state index in [0.717, 1.165) is 5.56 Å². The van der Waals surface area contributed by atoms with E-state index < -0.39 is 0 Å². The molecule has 0 heterocycles. The number of carbonyl (C=O) groups excluding carboxylic acids is 1.